The van der Waals surface area contributed by atoms with Crippen molar-refractivity contribution in [2.45, 2.75) is 6.92 Å². The van der Waals surface area contributed by atoms with Crippen molar-refractivity contribution in [1.82, 2.24) is 0 Å². The molecule has 0 bridgehead atoms. The normalized spacial score (nSPS) is 12.8. The molecule has 26 heavy (non-hydrogen) atoms. The lowest BCUT2D eigenvalue weighted by molar-refractivity contribution is 0.0591. The Morgan fingerprint density at radius 3 is 1.96 bits per heavy atom. The maximum absolute atomic E-state index is 12.8. The van der Waals surface area contributed by atoms with Gasteiger partial charge in [0.2, 0.25) is 0 Å². The van der Waals surface area contributed by atoms with Gasteiger partial charge in [0.25, 0.3) is 11.8 Å². The molecule has 7 nitrogen and oxygen atoms in total. The summed E-state index contributed by atoms with van der Waals surface area (Å²) in [5.74, 6) is -2.27. The standard InChI is InChI=1S/C19H15NO6/c1-10-4-5-12(19(24)26-3)9-15(10)20-16(21)13-7-6-11(18(23)25-2)8-14(13)17(20)22/h4-9H,1-3H3. The van der Waals surface area contributed by atoms with E-state index in [1.807, 2.05) is 0 Å². The van der Waals surface area contributed by atoms with Gasteiger partial charge in [-0.2, -0.15) is 0 Å². The van der Waals surface area contributed by atoms with Crippen LogP contribution in [0.1, 0.15) is 47.0 Å². The summed E-state index contributed by atoms with van der Waals surface area (Å²) in [6.45, 7) is 1.72. The Morgan fingerprint density at radius 2 is 1.35 bits per heavy atom. The van der Waals surface area contributed by atoms with Crippen molar-refractivity contribution in [1.29, 1.82) is 0 Å². The zero-order valence-electron chi connectivity index (χ0n) is 14.4. The molecule has 0 saturated heterocycles. The first-order valence-electron chi connectivity index (χ1n) is 7.69. The zero-order valence-corrected chi connectivity index (χ0v) is 14.4. The number of rotatable bonds is 3. The lowest BCUT2D eigenvalue weighted by atomic mass is 10.1. The van der Waals surface area contributed by atoms with Crippen molar-refractivity contribution >= 4 is 29.4 Å². The molecule has 7 heteroatoms. The topological polar surface area (TPSA) is 90.0 Å². The molecule has 3 rings (SSSR count). The van der Waals surface area contributed by atoms with Crippen molar-refractivity contribution in [2.75, 3.05) is 19.1 Å². The fourth-order valence-corrected chi connectivity index (χ4v) is 2.80. The van der Waals surface area contributed by atoms with Gasteiger partial charge in [0.15, 0.2) is 0 Å². The van der Waals surface area contributed by atoms with Gasteiger partial charge in [0.1, 0.15) is 0 Å². The van der Waals surface area contributed by atoms with Crippen LogP contribution in [0, 0.1) is 6.92 Å². The Labute approximate surface area is 149 Å². The van der Waals surface area contributed by atoms with Crippen molar-refractivity contribution in [3.05, 3.63) is 64.2 Å². The second kappa shape index (κ2) is 6.44. The van der Waals surface area contributed by atoms with Crippen LogP contribution in [-0.2, 0) is 9.47 Å². The summed E-state index contributed by atoms with van der Waals surface area (Å²) in [6, 6.07) is 8.80. The number of hydrogen-bond acceptors (Lipinski definition) is 6. The van der Waals surface area contributed by atoms with Gasteiger partial charge >= 0.3 is 11.9 Å². The van der Waals surface area contributed by atoms with E-state index in [2.05, 4.69) is 9.47 Å². The van der Waals surface area contributed by atoms with Crippen LogP contribution < -0.4 is 4.90 Å². The molecule has 0 N–H and O–H groups in total. The third kappa shape index (κ3) is 2.63. The van der Waals surface area contributed by atoms with Crippen molar-refractivity contribution in [3.63, 3.8) is 0 Å². The Kier molecular flexibility index (Phi) is 4.29. The molecule has 0 saturated carbocycles. The number of nitrogens with zero attached hydrogens (tertiary/aromatic N) is 1. The summed E-state index contributed by atoms with van der Waals surface area (Å²) in [7, 11) is 2.48. The highest BCUT2D eigenvalue weighted by atomic mass is 16.5. The van der Waals surface area contributed by atoms with E-state index in [0.717, 1.165) is 4.90 Å². The second-order valence-electron chi connectivity index (χ2n) is 5.69. The molecule has 2 aromatic rings. The van der Waals surface area contributed by atoms with Crippen molar-refractivity contribution in [2.24, 2.45) is 0 Å². The minimum Gasteiger partial charge on any atom is -0.465 e. The van der Waals surface area contributed by atoms with Gasteiger partial charge in [-0.05, 0) is 42.8 Å². The van der Waals surface area contributed by atoms with E-state index >= 15 is 0 Å². The first kappa shape index (κ1) is 17.3. The van der Waals surface area contributed by atoms with Gasteiger partial charge in [0, 0.05) is 0 Å². The number of amides is 2. The summed E-state index contributed by atoms with van der Waals surface area (Å²) >= 11 is 0. The van der Waals surface area contributed by atoms with E-state index in [1.165, 1.54) is 38.5 Å². The molecule has 0 spiro atoms. The summed E-state index contributed by atoms with van der Waals surface area (Å²) in [5, 5.41) is 0. The van der Waals surface area contributed by atoms with Crippen LogP contribution >= 0.6 is 0 Å². The van der Waals surface area contributed by atoms with Crippen LogP contribution in [-0.4, -0.2) is 38.0 Å². The minimum atomic E-state index is -0.602. The molecule has 0 aromatic heterocycles. The number of carbonyl (C=O) groups excluding carboxylic acids is 4. The molecule has 1 heterocycles. The van der Waals surface area contributed by atoms with E-state index in [4.69, 9.17) is 0 Å². The largest absolute Gasteiger partial charge is 0.465 e. The molecule has 1 aliphatic rings. The number of carbonyl (C=O) groups is 4. The van der Waals surface area contributed by atoms with Gasteiger partial charge in [-0.25, -0.2) is 14.5 Å². The number of benzene rings is 2. The fourth-order valence-electron chi connectivity index (χ4n) is 2.80. The third-order valence-electron chi connectivity index (χ3n) is 4.18. The summed E-state index contributed by atoms with van der Waals surface area (Å²) in [6.07, 6.45) is 0. The maximum Gasteiger partial charge on any atom is 0.337 e. The monoisotopic (exact) mass is 353 g/mol. The number of imide groups is 1. The van der Waals surface area contributed by atoms with Gasteiger partial charge in [-0.15, -0.1) is 0 Å². The number of hydrogen-bond donors (Lipinski definition) is 0. The molecule has 2 aromatic carbocycles. The Bertz CT molecular complexity index is 962. The third-order valence-corrected chi connectivity index (χ3v) is 4.18. The first-order valence-corrected chi connectivity index (χ1v) is 7.69. The highest BCUT2D eigenvalue weighted by Crippen LogP contribution is 2.32. The Balaban J connectivity index is 2.08. The van der Waals surface area contributed by atoms with Crippen LogP contribution in [0.25, 0.3) is 0 Å². The highest BCUT2D eigenvalue weighted by molar-refractivity contribution is 6.35. The van der Waals surface area contributed by atoms with Crippen LogP contribution in [0.4, 0.5) is 5.69 Å². The second-order valence-corrected chi connectivity index (χ2v) is 5.69. The van der Waals surface area contributed by atoms with Crippen molar-refractivity contribution < 1.29 is 28.7 Å². The number of esters is 2. The first-order chi connectivity index (χ1) is 12.4. The van der Waals surface area contributed by atoms with E-state index in [-0.39, 0.29) is 22.3 Å². The molecular weight excluding hydrogens is 338 g/mol. The quantitative estimate of drug-likeness (QED) is 0.622. The average Bonchev–Trinajstić information content (AvgIpc) is 2.91. The molecule has 0 unspecified atom stereocenters. The predicted octanol–water partition coefficient (Wildman–Crippen LogP) is 2.37. The molecule has 0 aliphatic carbocycles. The fraction of sp³-hybridized carbons (Fsp3) is 0.158. The molecular formula is C19H15NO6. The zero-order chi connectivity index (χ0) is 19.0. The number of ether oxygens (including phenoxy) is 2. The molecule has 1 aliphatic heterocycles. The van der Waals surface area contributed by atoms with E-state index in [1.54, 1.807) is 19.1 Å². The Hall–Kier alpha value is -3.48. The SMILES string of the molecule is COC(=O)c1ccc2c(c1)C(=O)N(c1cc(C(=O)OC)ccc1C)C2=O. The van der Waals surface area contributed by atoms with Gasteiger partial charge in [0.05, 0.1) is 42.2 Å². The van der Waals surface area contributed by atoms with Crippen molar-refractivity contribution in [3.8, 4) is 0 Å². The van der Waals surface area contributed by atoms with E-state index in [0.29, 0.717) is 11.3 Å². The molecule has 0 fully saturated rings. The van der Waals surface area contributed by atoms with Gasteiger partial charge in [-0.3, -0.25) is 9.59 Å². The highest BCUT2D eigenvalue weighted by Gasteiger charge is 2.38. The van der Waals surface area contributed by atoms with Crippen LogP contribution in [0.3, 0.4) is 0 Å². The summed E-state index contributed by atoms with van der Waals surface area (Å²) in [5.41, 5.74) is 1.62. The lowest BCUT2D eigenvalue weighted by Gasteiger charge is -2.17. The van der Waals surface area contributed by atoms with Gasteiger partial charge in [-0.1, -0.05) is 6.07 Å². The minimum absolute atomic E-state index is 0.112. The lowest BCUT2D eigenvalue weighted by Crippen LogP contribution is -2.30. The summed E-state index contributed by atoms with van der Waals surface area (Å²) < 4.78 is 9.33. The number of aryl methyl sites for hydroxylation is 1. The summed E-state index contributed by atoms with van der Waals surface area (Å²) in [4.78, 5) is 50.0. The number of methoxy groups -OCH3 is 2. The van der Waals surface area contributed by atoms with Crippen LogP contribution in [0.2, 0.25) is 0 Å². The molecule has 0 radical (unpaired) electrons. The number of anilines is 1. The van der Waals surface area contributed by atoms with E-state index in [9.17, 15) is 19.2 Å². The van der Waals surface area contributed by atoms with E-state index < -0.39 is 23.8 Å². The predicted molar refractivity (Wildman–Crippen MR) is 91.4 cm³/mol. The average molecular weight is 353 g/mol. The molecule has 132 valence electrons. The van der Waals surface area contributed by atoms with Crippen LogP contribution in [0.5, 0.6) is 0 Å². The smallest absolute Gasteiger partial charge is 0.337 e. The molecule has 0 atom stereocenters. The molecule has 2 amide bonds. The maximum atomic E-state index is 12.8. The number of fused-ring (bicyclic) bond motifs is 1. The Morgan fingerprint density at radius 1 is 0.808 bits per heavy atom. The van der Waals surface area contributed by atoms with Crippen LogP contribution in [0.15, 0.2) is 36.4 Å². The van der Waals surface area contributed by atoms with Gasteiger partial charge < -0.3 is 9.47 Å².